The highest BCUT2D eigenvalue weighted by Gasteiger charge is 2.67. The van der Waals surface area contributed by atoms with Crippen LogP contribution in [0.5, 0.6) is 0 Å². The summed E-state index contributed by atoms with van der Waals surface area (Å²) in [6.45, 7) is 5.91. The van der Waals surface area contributed by atoms with Gasteiger partial charge in [-0.1, -0.05) is 36.4 Å². The van der Waals surface area contributed by atoms with Gasteiger partial charge in [-0.25, -0.2) is 0 Å². The van der Waals surface area contributed by atoms with Crippen molar-refractivity contribution in [1.82, 2.24) is 0 Å². The van der Waals surface area contributed by atoms with E-state index in [0.29, 0.717) is 12.8 Å². The van der Waals surface area contributed by atoms with Crippen LogP contribution in [0, 0.1) is 11.3 Å². The van der Waals surface area contributed by atoms with Crippen LogP contribution in [-0.4, -0.2) is 26.2 Å². The van der Waals surface area contributed by atoms with Crippen molar-refractivity contribution in [1.29, 1.82) is 0 Å². The van der Waals surface area contributed by atoms with Gasteiger partial charge in [-0.3, -0.25) is 9.59 Å². The largest absolute Gasteiger partial charge is 0.468 e. The Kier molecular flexibility index (Phi) is 4.16. The fraction of sp³-hybridized carbons (Fsp3) is 0.412. The lowest BCUT2D eigenvalue weighted by Gasteiger charge is -2.14. The molecule has 4 heteroatoms. The van der Waals surface area contributed by atoms with E-state index in [1.165, 1.54) is 14.2 Å². The number of methoxy groups -OCH3 is 2. The van der Waals surface area contributed by atoms with Crippen molar-refractivity contribution in [3.63, 3.8) is 0 Å². The zero-order valence-corrected chi connectivity index (χ0v) is 12.6. The Bertz CT molecular complexity index is 572. The van der Waals surface area contributed by atoms with Crippen molar-refractivity contribution in [3.8, 4) is 0 Å². The van der Waals surface area contributed by atoms with Gasteiger partial charge in [0.1, 0.15) is 0 Å². The lowest BCUT2D eigenvalue weighted by molar-refractivity contribution is -0.162. The number of hydrogen-bond donors (Lipinski definition) is 0. The molecule has 0 heterocycles. The number of carbonyl (C=O) groups excluding carboxylic acids is 2. The molecule has 112 valence electrons. The first-order valence-corrected chi connectivity index (χ1v) is 6.88. The van der Waals surface area contributed by atoms with Gasteiger partial charge in [0.25, 0.3) is 0 Å². The Morgan fingerprint density at radius 2 is 1.81 bits per heavy atom. The molecule has 1 unspecified atom stereocenters. The third-order valence-electron chi connectivity index (χ3n) is 4.15. The van der Waals surface area contributed by atoms with Gasteiger partial charge in [0, 0.05) is 0 Å². The zero-order chi connectivity index (χ0) is 15.6. The highest BCUT2D eigenvalue weighted by molar-refractivity contribution is 6.03. The molecule has 1 aliphatic carbocycles. The molecule has 0 bridgehead atoms. The van der Waals surface area contributed by atoms with Crippen LogP contribution in [0.2, 0.25) is 0 Å². The number of ether oxygens (including phenoxy) is 2. The topological polar surface area (TPSA) is 52.6 Å². The predicted octanol–water partition coefficient (Wildman–Crippen LogP) is 2.61. The molecule has 21 heavy (non-hydrogen) atoms. The summed E-state index contributed by atoms with van der Waals surface area (Å²) in [5.74, 6) is -1.10. The molecule has 1 saturated carbocycles. The summed E-state index contributed by atoms with van der Waals surface area (Å²) in [4.78, 5) is 24.0. The third kappa shape index (κ3) is 2.58. The van der Waals surface area contributed by atoms with E-state index in [1.807, 2.05) is 31.2 Å². The van der Waals surface area contributed by atoms with Crippen molar-refractivity contribution < 1.29 is 19.1 Å². The van der Waals surface area contributed by atoms with Gasteiger partial charge in [-0.15, -0.1) is 0 Å². The fourth-order valence-corrected chi connectivity index (χ4v) is 2.90. The summed E-state index contributed by atoms with van der Waals surface area (Å²) in [6, 6.07) is 7.90. The van der Waals surface area contributed by atoms with Crippen molar-refractivity contribution in [2.75, 3.05) is 14.2 Å². The number of hydrogen-bond acceptors (Lipinski definition) is 4. The second kappa shape index (κ2) is 5.72. The molecule has 0 aromatic heterocycles. The molecule has 0 saturated heterocycles. The first-order chi connectivity index (χ1) is 9.97. The van der Waals surface area contributed by atoms with Gasteiger partial charge in [-0.05, 0) is 36.8 Å². The Labute approximate surface area is 124 Å². The molecular formula is C17H20O4. The molecular weight excluding hydrogens is 268 g/mol. The number of rotatable bonds is 5. The molecule has 2 rings (SSSR count). The quantitative estimate of drug-likeness (QED) is 0.617. The second-order valence-electron chi connectivity index (χ2n) is 5.50. The molecule has 0 aliphatic heterocycles. The number of esters is 2. The zero-order valence-electron chi connectivity index (χ0n) is 12.6. The van der Waals surface area contributed by atoms with Crippen LogP contribution in [0.15, 0.2) is 30.8 Å². The van der Waals surface area contributed by atoms with Gasteiger partial charge in [0.15, 0.2) is 5.41 Å². The maximum absolute atomic E-state index is 12.0. The van der Waals surface area contributed by atoms with Crippen molar-refractivity contribution in [3.05, 3.63) is 42.0 Å². The maximum atomic E-state index is 12.0. The van der Waals surface area contributed by atoms with Crippen LogP contribution in [0.4, 0.5) is 0 Å². The maximum Gasteiger partial charge on any atom is 0.323 e. The molecule has 0 N–H and O–H groups in total. The highest BCUT2D eigenvalue weighted by Crippen LogP contribution is 2.56. The average molecular weight is 288 g/mol. The number of benzene rings is 1. The van der Waals surface area contributed by atoms with Crippen molar-refractivity contribution >= 4 is 17.5 Å². The lowest BCUT2D eigenvalue weighted by atomic mass is 9.94. The molecule has 4 nitrogen and oxygen atoms in total. The first-order valence-electron chi connectivity index (χ1n) is 6.88. The molecule has 1 fully saturated rings. The first kappa shape index (κ1) is 15.3. The Morgan fingerprint density at radius 1 is 1.24 bits per heavy atom. The van der Waals surface area contributed by atoms with Crippen LogP contribution >= 0.6 is 0 Å². The summed E-state index contributed by atoms with van der Waals surface area (Å²) in [7, 11) is 2.59. The molecule has 0 radical (unpaired) electrons. The molecule has 0 amide bonds. The standard InChI is InChI=1S/C17H20O4/c1-11(2)14-8-6-5-7-12(14)9-13-10-17(13,15(18)20-3)16(19)21-4/h5-8,13H,1,9-10H2,2-4H3. The summed E-state index contributed by atoms with van der Waals surface area (Å²) in [5.41, 5.74) is 1.98. The minimum atomic E-state index is -1.13. The summed E-state index contributed by atoms with van der Waals surface area (Å²) >= 11 is 0. The van der Waals surface area contributed by atoms with E-state index in [1.54, 1.807) is 0 Å². The Hall–Kier alpha value is -2.10. The average Bonchev–Trinajstić information content (AvgIpc) is 3.21. The fourth-order valence-electron chi connectivity index (χ4n) is 2.90. The van der Waals surface area contributed by atoms with Gasteiger partial charge in [0.05, 0.1) is 14.2 Å². The van der Waals surface area contributed by atoms with Gasteiger partial charge >= 0.3 is 11.9 Å². The van der Waals surface area contributed by atoms with E-state index >= 15 is 0 Å². The van der Waals surface area contributed by atoms with Crippen molar-refractivity contribution in [2.24, 2.45) is 11.3 Å². The smallest absolute Gasteiger partial charge is 0.323 e. The number of carbonyl (C=O) groups is 2. The van der Waals surface area contributed by atoms with Crippen molar-refractivity contribution in [2.45, 2.75) is 19.8 Å². The summed E-state index contributed by atoms with van der Waals surface area (Å²) in [6.07, 6.45) is 1.10. The van der Waals surface area contributed by atoms with Crippen LogP contribution < -0.4 is 0 Å². The third-order valence-corrected chi connectivity index (χ3v) is 4.15. The van der Waals surface area contributed by atoms with E-state index in [-0.39, 0.29) is 5.92 Å². The van der Waals surface area contributed by atoms with Crippen LogP contribution in [-0.2, 0) is 25.5 Å². The van der Waals surface area contributed by atoms with E-state index in [9.17, 15) is 9.59 Å². The minimum Gasteiger partial charge on any atom is -0.468 e. The van der Waals surface area contributed by atoms with E-state index in [2.05, 4.69) is 6.58 Å². The van der Waals surface area contributed by atoms with Crippen LogP contribution in [0.1, 0.15) is 24.5 Å². The van der Waals surface area contributed by atoms with Crippen LogP contribution in [0.3, 0.4) is 0 Å². The van der Waals surface area contributed by atoms with Crippen LogP contribution in [0.25, 0.3) is 5.57 Å². The monoisotopic (exact) mass is 288 g/mol. The summed E-state index contributed by atoms with van der Waals surface area (Å²) < 4.78 is 9.58. The normalized spacial score (nSPS) is 18.7. The predicted molar refractivity (Wildman–Crippen MR) is 79.4 cm³/mol. The van der Waals surface area contributed by atoms with E-state index < -0.39 is 17.4 Å². The van der Waals surface area contributed by atoms with Gasteiger partial charge < -0.3 is 9.47 Å². The summed E-state index contributed by atoms with van der Waals surface area (Å²) in [5, 5.41) is 0. The molecule has 1 atom stereocenters. The Balaban J connectivity index is 2.24. The molecule has 1 aromatic rings. The molecule has 0 spiro atoms. The molecule has 1 aromatic carbocycles. The molecule has 1 aliphatic rings. The van der Waals surface area contributed by atoms with Gasteiger partial charge in [-0.2, -0.15) is 0 Å². The highest BCUT2D eigenvalue weighted by atomic mass is 16.5. The van der Waals surface area contributed by atoms with Gasteiger partial charge in [0.2, 0.25) is 0 Å². The Morgan fingerprint density at radius 3 is 2.33 bits per heavy atom. The SMILES string of the molecule is C=C(C)c1ccccc1CC1CC1(C(=O)OC)C(=O)OC. The number of allylic oxidation sites excluding steroid dienone is 1. The second-order valence-corrected chi connectivity index (χ2v) is 5.50. The van der Waals surface area contributed by atoms with E-state index in [4.69, 9.17) is 9.47 Å². The van der Waals surface area contributed by atoms with E-state index in [0.717, 1.165) is 16.7 Å². The minimum absolute atomic E-state index is 0.0853. The lowest BCUT2D eigenvalue weighted by Crippen LogP contribution is -2.30.